The van der Waals surface area contributed by atoms with Gasteiger partial charge in [-0.15, -0.1) is 166 Å². The molecule has 2 aromatic heterocycles. The number of anilines is 6. The molecule has 0 N–H and O–H groups in total. The van der Waals surface area contributed by atoms with Crippen LogP contribution in [0.4, 0.5) is 34.1 Å². The average Bonchev–Trinajstić information content (AvgIpc) is 0.792. The maximum atomic E-state index is 13.7. The molecular weight excluding hydrogens is 1830 g/mol. The van der Waals surface area contributed by atoms with Crippen molar-refractivity contribution in [3.8, 4) is 67.3 Å². The Labute approximate surface area is 728 Å². The topological polar surface area (TPSA) is 66.4 Å². The van der Waals surface area contributed by atoms with Crippen LogP contribution in [0, 0.1) is 36.4 Å². The van der Waals surface area contributed by atoms with Crippen molar-refractivity contribution in [3.63, 3.8) is 0 Å². The number of para-hydroxylation sites is 4. The fourth-order valence-corrected chi connectivity index (χ4v) is 15.8. The van der Waals surface area contributed by atoms with Gasteiger partial charge in [-0.1, -0.05) is 270 Å². The number of benzene rings is 13. The standard InChI is InChI=1S/C38H38NOP.C33H36NOP.2C18H14N.2Au/c1-37(2,3)31-19-13-28(14-20-31)35-25-30(26-36(39-35)29-15-21-32(22-16-29)38(4,5)6)27-17-23-34(24-18-27)41(7,40)33-11-9-8-10-12-33;1-32(2,3)27-15-9-24(10-16-27)30-21-26(23-13-19-29(20-14-23)36(7,8)35)22-31(34-30)25-11-17-28(18-12-25)33(4,5)6;2*1-4-10-16(11-5-1)19(17-12-6-2-7-13-17)18-14-8-3-9-15-18;;/h8-13,15,17-26H,1-7H3;9,11,13-22H,1-8H3;2*1-2,4-15H;;/q2*-2;2*-1;2*+3. The Bertz CT molecular complexity index is 5260. The molecule has 1 atom stereocenters. The van der Waals surface area contributed by atoms with Gasteiger partial charge in [0.2, 0.25) is 0 Å². The molecule has 0 fully saturated rings. The van der Waals surface area contributed by atoms with Crippen LogP contribution in [0.25, 0.3) is 67.3 Å². The molecule has 594 valence electrons. The van der Waals surface area contributed by atoms with E-state index in [-0.39, 0.29) is 66.4 Å². The van der Waals surface area contributed by atoms with Crippen LogP contribution < -0.4 is 25.7 Å². The third-order valence-corrected chi connectivity index (χ3v) is 24.3. The van der Waals surface area contributed by atoms with Gasteiger partial charge in [0.05, 0.1) is 0 Å². The molecule has 15 aromatic rings. The quantitative estimate of drug-likeness (QED) is 0.0579. The van der Waals surface area contributed by atoms with Crippen LogP contribution in [0.3, 0.4) is 0 Å². The van der Waals surface area contributed by atoms with Crippen LogP contribution in [-0.4, -0.2) is 30.0 Å². The second kappa shape index (κ2) is 39.3. The van der Waals surface area contributed by atoms with Gasteiger partial charge in [0, 0.05) is 38.7 Å². The third-order valence-electron chi connectivity index (χ3n) is 20.2. The Morgan fingerprint density at radius 1 is 0.265 bits per heavy atom. The van der Waals surface area contributed by atoms with E-state index in [2.05, 4.69) is 372 Å². The van der Waals surface area contributed by atoms with Crippen molar-refractivity contribution in [3.05, 3.63) is 404 Å². The van der Waals surface area contributed by atoms with E-state index >= 15 is 0 Å². The fraction of sp³-hybridized carbons (Fsp3) is 0.178. The zero-order valence-corrected chi connectivity index (χ0v) is 75.6. The Kier molecular flexibility index (Phi) is 29.9. The van der Waals surface area contributed by atoms with Crippen LogP contribution in [0.1, 0.15) is 105 Å². The summed E-state index contributed by atoms with van der Waals surface area (Å²) in [7, 11) is -4.99. The minimum absolute atomic E-state index is 0. The Morgan fingerprint density at radius 2 is 0.496 bits per heavy atom. The summed E-state index contributed by atoms with van der Waals surface area (Å²) in [5.41, 5.74) is 23.6. The monoisotopic (exact) mass is 1930 g/mol. The first-order valence-electron chi connectivity index (χ1n) is 39.2. The fourth-order valence-electron chi connectivity index (χ4n) is 13.2. The summed E-state index contributed by atoms with van der Waals surface area (Å²) in [6, 6.07) is 137. The number of hydrogen-bond donors (Lipinski definition) is 0. The van der Waals surface area contributed by atoms with Crippen molar-refractivity contribution < 1.29 is 53.9 Å². The predicted octanol–water partition coefficient (Wildman–Crippen LogP) is 27.7. The van der Waals surface area contributed by atoms with Gasteiger partial charge in [0.1, 0.15) is 14.3 Å². The van der Waals surface area contributed by atoms with Crippen LogP contribution in [0.15, 0.2) is 346 Å². The van der Waals surface area contributed by atoms with Gasteiger partial charge in [0.15, 0.2) is 0 Å². The van der Waals surface area contributed by atoms with Crippen LogP contribution in [-0.2, 0) is 75.6 Å². The molecule has 117 heavy (non-hydrogen) atoms. The Balaban J connectivity index is 0.000000172. The molecule has 13 aromatic carbocycles. The summed E-state index contributed by atoms with van der Waals surface area (Å²) < 4.78 is 26.2. The second-order valence-corrected chi connectivity index (χ2v) is 39.5. The van der Waals surface area contributed by atoms with Gasteiger partial charge in [-0.25, -0.2) is 0 Å². The molecule has 1 unspecified atom stereocenters. The zero-order chi connectivity index (χ0) is 81.6. The van der Waals surface area contributed by atoms with Gasteiger partial charge in [-0.2, -0.15) is 36.4 Å². The molecule has 10 heteroatoms. The molecular formula is C107H102Au2N4O2P2. The van der Waals surface area contributed by atoms with Crippen molar-refractivity contribution in [1.29, 1.82) is 0 Å². The largest absolute Gasteiger partial charge is 3.00 e. The summed E-state index contributed by atoms with van der Waals surface area (Å²) in [5, 5.41) is 2.60. The molecule has 0 spiro atoms. The van der Waals surface area contributed by atoms with Crippen molar-refractivity contribution >= 4 is 64.3 Å². The van der Waals surface area contributed by atoms with Gasteiger partial charge in [0.25, 0.3) is 0 Å². The molecule has 2 heterocycles. The van der Waals surface area contributed by atoms with Crippen LogP contribution in [0.2, 0.25) is 0 Å². The maximum Gasteiger partial charge on any atom is 3.00 e. The van der Waals surface area contributed by atoms with Gasteiger partial charge >= 0.3 is 44.8 Å². The summed E-state index contributed by atoms with van der Waals surface area (Å²) in [5.74, 6) is 0. The van der Waals surface area contributed by atoms with E-state index in [0.717, 1.165) is 117 Å². The number of rotatable bonds is 15. The zero-order valence-electron chi connectivity index (χ0n) is 69.5. The number of aromatic nitrogens is 2. The van der Waals surface area contributed by atoms with Crippen molar-refractivity contribution in [1.82, 2.24) is 9.97 Å². The molecule has 6 nitrogen and oxygen atoms in total. The minimum Gasteiger partial charge on any atom is -0.345 e. The summed E-state index contributed by atoms with van der Waals surface area (Å²) >= 11 is 0. The van der Waals surface area contributed by atoms with Crippen molar-refractivity contribution in [2.24, 2.45) is 0 Å². The summed E-state index contributed by atoms with van der Waals surface area (Å²) in [4.78, 5) is 14.6. The van der Waals surface area contributed by atoms with E-state index in [9.17, 15) is 9.13 Å². The number of pyridine rings is 2. The molecule has 15 rings (SSSR count). The summed E-state index contributed by atoms with van der Waals surface area (Å²) in [6.07, 6.45) is 0. The Hall–Kier alpha value is -10.3. The van der Waals surface area contributed by atoms with Crippen molar-refractivity contribution in [2.75, 3.05) is 29.8 Å². The van der Waals surface area contributed by atoms with E-state index in [4.69, 9.17) is 9.97 Å². The normalized spacial score (nSPS) is 11.9. The van der Waals surface area contributed by atoms with Crippen LogP contribution in [0.5, 0.6) is 0 Å². The molecule has 0 saturated carbocycles. The smallest absolute Gasteiger partial charge is 0.345 e. The molecule has 0 aliphatic rings. The number of hydrogen-bond acceptors (Lipinski definition) is 6. The average molecular weight is 1930 g/mol. The van der Waals surface area contributed by atoms with E-state index in [1.807, 2.05) is 110 Å². The van der Waals surface area contributed by atoms with Gasteiger partial charge < -0.3 is 28.9 Å². The predicted molar refractivity (Wildman–Crippen MR) is 489 cm³/mol. The first kappa shape index (κ1) is 89.1. The first-order chi connectivity index (χ1) is 54.9. The molecule has 0 bridgehead atoms. The van der Waals surface area contributed by atoms with Crippen LogP contribution >= 0.6 is 14.3 Å². The molecule has 0 saturated heterocycles. The molecule has 0 amide bonds. The van der Waals surface area contributed by atoms with Gasteiger partial charge in [-0.05, 0) is 135 Å². The molecule has 0 radical (unpaired) electrons. The van der Waals surface area contributed by atoms with Crippen molar-refractivity contribution in [2.45, 2.75) is 105 Å². The molecule has 0 aliphatic heterocycles. The maximum absolute atomic E-state index is 13.7. The Morgan fingerprint density at radius 3 is 0.726 bits per heavy atom. The minimum atomic E-state index is -2.68. The van der Waals surface area contributed by atoms with Gasteiger partial charge in [-0.3, -0.25) is 0 Å². The van der Waals surface area contributed by atoms with E-state index in [1.54, 1.807) is 13.3 Å². The summed E-state index contributed by atoms with van der Waals surface area (Å²) in [6.45, 7) is 31.9. The SMILES string of the molecule is CC(C)(C)c1c[c-]c(-c2cc(-c3ccc(P(C)(=O)c4ccccc4)cc3)cc(-c3[c-]cc(C(C)(C)C)cc3)n2)cc1.CC(C)(C)c1c[c-]c(-c2cc(-c3ccc(P(C)(C)=O)cc3)cc(-c3[c-]cc(C(C)(C)C)cc3)n2)cc1.[Au+3].[Au+3].[c-]1ccc(N(c2ccccc2)c2ccccc2)cc1.[c-]1ccc(N(c2ccccc2)c2ccccc2)cc1. The van der Waals surface area contributed by atoms with E-state index < -0.39 is 14.3 Å². The first-order valence-corrected chi connectivity index (χ1v) is 44.0. The molecule has 0 aliphatic carbocycles. The van der Waals surface area contributed by atoms with E-state index in [1.165, 1.54) is 22.3 Å². The number of nitrogens with zero attached hydrogens (tertiary/aromatic N) is 4. The third kappa shape index (κ3) is 23.5. The second-order valence-electron chi connectivity index (χ2n) is 33.5. The van der Waals surface area contributed by atoms with E-state index in [0.29, 0.717) is 0 Å².